The first-order chi connectivity index (χ1) is 16.3. The summed E-state index contributed by atoms with van der Waals surface area (Å²) in [5, 5.41) is 35.8. The van der Waals surface area contributed by atoms with E-state index in [2.05, 4.69) is 26.1 Å². The number of hydrogen-bond donors (Lipinski definition) is 5. The van der Waals surface area contributed by atoms with E-state index < -0.39 is 28.1 Å². The molecule has 0 unspecified atom stereocenters. The molecule has 9 heteroatoms. The van der Waals surface area contributed by atoms with Gasteiger partial charge in [-0.3, -0.25) is 9.35 Å². The molecule has 0 aromatic carbocycles. The Bertz CT molecular complexity index is 896. The van der Waals surface area contributed by atoms with Crippen molar-refractivity contribution in [3.05, 3.63) is 0 Å². The van der Waals surface area contributed by atoms with Crippen molar-refractivity contribution in [1.82, 2.24) is 5.32 Å². The zero-order valence-electron chi connectivity index (χ0n) is 21.4. The van der Waals surface area contributed by atoms with Crippen molar-refractivity contribution in [3.63, 3.8) is 0 Å². The van der Waals surface area contributed by atoms with Gasteiger partial charge in [0, 0.05) is 13.0 Å². The number of carbonyl (C=O) groups excluding carboxylic acids is 1. The van der Waals surface area contributed by atoms with Gasteiger partial charge in [-0.2, -0.15) is 8.42 Å². The Morgan fingerprint density at radius 1 is 1.06 bits per heavy atom. The monoisotopic (exact) mass is 515 g/mol. The van der Waals surface area contributed by atoms with E-state index in [9.17, 15) is 28.5 Å². The molecule has 1 amide bonds. The quantitative estimate of drug-likeness (QED) is 0.327. The highest BCUT2D eigenvalue weighted by Crippen LogP contribution is 2.68. The average molecular weight is 516 g/mol. The van der Waals surface area contributed by atoms with Gasteiger partial charge in [-0.1, -0.05) is 20.8 Å². The van der Waals surface area contributed by atoms with Crippen LogP contribution in [0.25, 0.3) is 0 Å². The van der Waals surface area contributed by atoms with Gasteiger partial charge in [0.05, 0.1) is 24.1 Å². The summed E-state index contributed by atoms with van der Waals surface area (Å²) in [4.78, 5) is 12.2. The van der Waals surface area contributed by atoms with E-state index in [0.29, 0.717) is 18.8 Å². The largest absolute Gasteiger partial charge is 0.393 e. The summed E-state index contributed by atoms with van der Waals surface area (Å²) in [7, 11) is -4.10. The number of aliphatic hydroxyl groups is 3. The smallest absolute Gasteiger partial charge is 0.266 e. The number of rotatable bonds is 7. The Morgan fingerprint density at radius 3 is 2.46 bits per heavy atom. The standard InChI is InChI=1S/C26H45NO7S/c1-15(4-7-23(31)27-10-11-35(32,33)34)18-5-6-19-24-20(14-22(30)26(18,19)3)25(2)9-8-17(28)12-16(25)13-21(24)29/h15-22,24,28-30H,4-14H2,1-3H3,(H,27,31)(H,32,33,34)/t15-,16-,17+,18+,19-,20-,21-,22-,24-,25+,26-/m1/s1. The van der Waals surface area contributed by atoms with Gasteiger partial charge in [0.25, 0.3) is 10.1 Å². The summed E-state index contributed by atoms with van der Waals surface area (Å²) >= 11 is 0. The van der Waals surface area contributed by atoms with E-state index in [1.54, 1.807) is 0 Å². The van der Waals surface area contributed by atoms with Gasteiger partial charge in [0.15, 0.2) is 0 Å². The Morgan fingerprint density at radius 2 is 1.77 bits per heavy atom. The molecule has 202 valence electrons. The van der Waals surface area contributed by atoms with Crippen LogP contribution in [0.4, 0.5) is 0 Å². The van der Waals surface area contributed by atoms with E-state index in [1.807, 2.05) is 0 Å². The van der Waals surface area contributed by atoms with Crippen LogP contribution in [0.1, 0.15) is 78.6 Å². The number of carbonyl (C=O) groups is 1. The molecule has 4 aliphatic carbocycles. The van der Waals surface area contributed by atoms with E-state index in [1.165, 1.54) is 0 Å². The maximum Gasteiger partial charge on any atom is 0.266 e. The predicted octanol–water partition coefficient (Wildman–Crippen LogP) is 2.37. The van der Waals surface area contributed by atoms with Crippen LogP contribution in [0, 0.1) is 46.3 Å². The zero-order chi connectivity index (χ0) is 25.8. The van der Waals surface area contributed by atoms with Crippen molar-refractivity contribution in [2.24, 2.45) is 46.3 Å². The third-order valence-electron chi connectivity index (χ3n) is 11.0. The summed E-state index contributed by atoms with van der Waals surface area (Å²) < 4.78 is 30.5. The molecule has 0 aromatic heterocycles. The Kier molecular flexibility index (Phi) is 7.69. The summed E-state index contributed by atoms with van der Waals surface area (Å²) in [6.45, 7) is 6.56. The molecule has 5 N–H and O–H groups in total. The molecule has 35 heavy (non-hydrogen) atoms. The van der Waals surface area contributed by atoms with Gasteiger partial charge in [0.2, 0.25) is 5.91 Å². The van der Waals surface area contributed by atoms with Crippen LogP contribution < -0.4 is 5.32 Å². The first-order valence-electron chi connectivity index (χ1n) is 13.5. The van der Waals surface area contributed by atoms with Crippen LogP contribution in [0.5, 0.6) is 0 Å². The summed E-state index contributed by atoms with van der Waals surface area (Å²) in [5.41, 5.74) is -0.254. The molecule has 4 rings (SSSR count). The minimum atomic E-state index is -4.10. The van der Waals surface area contributed by atoms with Crippen LogP contribution in [-0.2, 0) is 14.9 Å². The van der Waals surface area contributed by atoms with Crippen molar-refractivity contribution >= 4 is 16.0 Å². The maximum absolute atomic E-state index is 12.2. The third kappa shape index (κ3) is 5.05. The summed E-state index contributed by atoms with van der Waals surface area (Å²) in [6.07, 6.45) is 5.67. The number of nitrogens with one attached hydrogen (secondary N) is 1. The van der Waals surface area contributed by atoms with Crippen LogP contribution in [0.2, 0.25) is 0 Å². The molecule has 0 aromatic rings. The first kappa shape index (κ1) is 27.3. The lowest BCUT2D eigenvalue weighted by molar-refractivity contribution is -0.207. The van der Waals surface area contributed by atoms with E-state index in [4.69, 9.17) is 4.55 Å². The topological polar surface area (TPSA) is 144 Å². The Balaban J connectivity index is 1.43. The van der Waals surface area contributed by atoms with Crippen molar-refractivity contribution in [1.29, 1.82) is 0 Å². The lowest BCUT2D eigenvalue weighted by atomic mass is 9.43. The molecule has 0 radical (unpaired) electrons. The summed E-state index contributed by atoms with van der Waals surface area (Å²) in [5.74, 6) is 0.705. The zero-order valence-corrected chi connectivity index (χ0v) is 22.2. The van der Waals surface area contributed by atoms with Crippen molar-refractivity contribution in [2.75, 3.05) is 12.3 Å². The highest BCUT2D eigenvalue weighted by molar-refractivity contribution is 7.85. The van der Waals surface area contributed by atoms with E-state index in [0.717, 1.165) is 38.5 Å². The molecule has 11 atom stereocenters. The molecule has 4 saturated carbocycles. The molecule has 4 fully saturated rings. The predicted molar refractivity (Wildman–Crippen MR) is 132 cm³/mol. The van der Waals surface area contributed by atoms with Crippen LogP contribution in [0.15, 0.2) is 0 Å². The fourth-order valence-corrected chi connectivity index (χ4v) is 9.46. The second kappa shape index (κ2) is 9.86. The first-order valence-corrected chi connectivity index (χ1v) is 15.1. The van der Waals surface area contributed by atoms with Gasteiger partial charge in [-0.05, 0) is 97.7 Å². The average Bonchev–Trinajstić information content (AvgIpc) is 3.12. The Hall–Kier alpha value is -0.740. The second-order valence-corrected chi connectivity index (χ2v) is 14.2. The molecule has 0 spiro atoms. The van der Waals surface area contributed by atoms with Crippen LogP contribution in [0.3, 0.4) is 0 Å². The second-order valence-electron chi connectivity index (χ2n) is 12.7. The highest BCUT2D eigenvalue weighted by atomic mass is 32.2. The minimum absolute atomic E-state index is 0.0509. The van der Waals surface area contributed by atoms with Crippen LogP contribution in [-0.4, -0.2) is 64.8 Å². The van der Waals surface area contributed by atoms with E-state index in [-0.39, 0.29) is 65.4 Å². The fourth-order valence-electron chi connectivity index (χ4n) is 9.10. The molecule has 0 heterocycles. The normalized spacial score (nSPS) is 46.3. The lowest BCUT2D eigenvalue weighted by Crippen LogP contribution is -2.62. The molecular formula is C26H45NO7S. The molecule has 0 saturated heterocycles. The SMILES string of the molecule is C[C@H](CCC(=O)NCCS(=O)(=O)O)[C@@H]1CC[C@@H]2[C@H]3[C@H](O)C[C@H]4C[C@@H](O)CC[C@]4(C)[C@@H]3C[C@@H](O)[C@@]21C. The van der Waals surface area contributed by atoms with Gasteiger partial charge in [-0.15, -0.1) is 0 Å². The van der Waals surface area contributed by atoms with Crippen molar-refractivity contribution in [3.8, 4) is 0 Å². The molecule has 8 nitrogen and oxygen atoms in total. The van der Waals surface area contributed by atoms with Gasteiger partial charge < -0.3 is 20.6 Å². The lowest BCUT2D eigenvalue weighted by Gasteiger charge is -2.63. The fraction of sp³-hybridized carbons (Fsp3) is 0.962. The number of amides is 1. The van der Waals surface area contributed by atoms with Gasteiger partial charge >= 0.3 is 0 Å². The van der Waals surface area contributed by atoms with E-state index >= 15 is 0 Å². The number of hydrogen-bond acceptors (Lipinski definition) is 6. The molecular weight excluding hydrogens is 470 g/mol. The summed E-state index contributed by atoms with van der Waals surface area (Å²) in [6, 6.07) is 0. The Labute approximate surface area is 210 Å². The molecule has 4 aliphatic rings. The number of fused-ring (bicyclic) bond motifs is 5. The minimum Gasteiger partial charge on any atom is -0.393 e. The van der Waals surface area contributed by atoms with Crippen molar-refractivity contribution in [2.45, 2.75) is 96.9 Å². The van der Waals surface area contributed by atoms with Gasteiger partial charge in [-0.25, -0.2) is 0 Å². The maximum atomic E-state index is 12.2. The van der Waals surface area contributed by atoms with Gasteiger partial charge in [0.1, 0.15) is 0 Å². The highest BCUT2D eigenvalue weighted by Gasteiger charge is 2.65. The number of aliphatic hydroxyl groups excluding tert-OH is 3. The third-order valence-corrected chi connectivity index (χ3v) is 11.7. The van der Waals surface area contributed by atoms with Crippen molar-refractivity contribution < 1.29 is 33.1 Å². The molecule has 0 bridgehead atoms. The van der Waals surface area contributed by atoms with Crippen LogP contribution >= 0.6 is 0 Å². The molecule has 0 aliphatic heterocycles.